The summed E-state index contributed by atoms with van der Waals surface area (Å²) in [7, 11) is 1.71. The van der Waals surface area contributed by atoms with E-state index in [9.17, 15) is 0 Å². The van der Waals surface area contributed by atoms with Crippen LogP contribution in [0.25, 0.3) is 0 Å². The minimum atomic E-state index is 0.291. The van der Waals surface area contributed by atoms with Crippen molar-refractivity contribution in [1.29, 1.82) is 0 Å². The van der Waals surface area contributed by atoms with E-state index < -0.39 is 0 Å². The SMILES string of the molecule is COc1cccc([C@H](C)NC(c2cccs2)C(C)C)c1. The molecule has 0 radical (unpaired) electrons. The first kappa shape index (κ1) is 15.1. The van der Waals surface area contributed by atoms with Crippen molar-refractivity contribution in [2.24, 2.45) is 5.92 Å². The maximum Gasteiger partial charge on any atom is 0.119 e. The molecule has 2 nitrogen and oxygen atoms in total. The van der Waals surface area contributed by atoms with Crippen LogP contribution in [0.2, 0.25) is 0 Å². The van der Waals surface area contributed by atoms with Crippen LogP contribution in [-0.4, -0.2) is 7.11 Å². The first-order valence-corrected chi connectivity index (χ1v) is 7.93. The Morgan fingerprint density at radius 3 is 2.50 bits per heavy atom. The van der Waals surface area contributed by atoms with Gasteiger partial charge in [-0.1, -0.05) is 32.0 Å². The van der Waals surface area contributed by atoms with Crippen molar-refractivity contribution >= 4 is 11.3 Å². The van der Waals surface area contributed by atoms with Crippen molar-refractivity contribution in [3.8, 4) is 5.75 Å². The molecule has 0 saturated heterocycles. The van der Waals surface area contributed by atoms with Gasteiger partial charge in [0.2, 0.25) is 0 Å². The van der Waals surface area contributed by atoms with E-state index in [2.05, 4.69) is 55.7 Å². The number of hydrogen-bond acceptors (Lipinski definition) is 3. The van der Waals surface area contributed by atoms with Gasteiger partial charge in [-0.05, 0) is 42.0 Å². The van der Waals surface area contributed by atoms with Crippen LogP contribution in [0.1, 0.15) is 43.3 Å². The van der Waals surface area contributed by atoms with Gasteiger partial charge in [-0.3, -0.25) is 0 Å². The molecule has 0 aliphatic rings. The summed E-state index contributed by atoms with van der Waals surface area (Å²) < 4.78 is 5.30. The molecule has 0 saturated carbocycles. The third-order valence-corrected chi connectivity index (χ3v) is 4.50. The molecule has 0 bridgehead atoms. The highest BCUT2D eigenvalue weighted by Crippen LogP contribution is 2.29. The van der Waals surface area contributed by atoms with Crippen LogP contribution in [0.3, 0.4) is 0 Å². The maximum atomic E-state index is 5.30. The molecular weight excluding hydrogens is 266 g/mol. The average molecular weight is 289 g/mol. The summed E-state index contributed by atoms with van der Waals surface area (Å²) in [5, 5.41) is 5.88. The smallest absolute Gasteiger partial charge is 0.119 e. The topological polar surface area (TPSA) is 21.3 Å². The Kier molecular flexibility index (Phi) is 5.21. The van der Waals surface area contributed by atoms with E-state index in [1.807, 2.05) is 23.5 Å². The van der Waals surface area contributed by atoms with Gasteiger partial charge in [0.05, 0.1) is 7.11 Å². The molecule has 108 valence electrons. The summed E-state index contributed by atoms with van der Waals surface area (Å²) in [4.78, 5) is 1.40. The number of rotatable bonds is 6. The van der Waals surface area contributed by atoms with Crippen molar-refractivity contribution < 1.29 is 4.74 Å². The zero-order valence-electron chi connectivity index (χ0n) is 12.6. The van der Waals surface area contributed by atoms with Crippen LogP contribution in [0.4, 0.5) is 0 Å². The second kappa shape index (κ2) is 6.91. The van der Waals surface area contributed by atoms with Gasteiger partial charge in [0, 0.05) is 17.0 Å². The van der Waals surface area contributed by atoms with Gasteiger partial charge in [0.1, 0.15) is 5.75 Å². The molecule has 3 heteroatoms. The molecule has 0 amide bonds. The molecule has 2 aromatic rings. The Bertz CT molecular complexity index is 522. The van der Waals surface area contributed by atoms with Gasteiger partial charge in [0.15, 0.2) is 0 Å². The Labute approximate surface area is 125 Å². The Morgan fingerprint density at radius 2 is 1.90 bits per heavy atom. The van der Waals surface area contributed by atoms with Crippen molar-refractivity contribution in [3.05, 3.63) is 52.2 Å². The van der Waals surface area contributed by atoms with Crippen LogP contribution in [0, 0.1) is 5.92 Å². The van der Waals surface area contributed by atoms with Crippen molar-refractivity contribution in [2.45, 2.75) is 32.9 Å². The van der Waals surface area contributed by atoms with E-state index in [1.54, 1.807) is 7.11 Å². The lowest BCUT2D eigenvalue weighted by atomic mass is 9.99. The normalized spacial score (nSPS) is 14.2. The minimum absolute atomic E-state index is 0.291. The summed E-state index contributed by atoms with van der Waals surface area (Å²) >= 11 is 1.82. The van der Waals surface area contributed by atoms with Gasteiger partial charge in [-0.15, -0.1) is 11.3 Å². The summed E-state index contributed by atoms with van der Waals surface area (Å²) in [6, 6.07) is 13.3. The fraction of sp³-hybridized carbons (Fsp3) is 0.412. The van der Waals surface area contributed by atoms with Crippen LogP contribution in [-0.2, 0) is 0 Å². The van der Waals surface area contributed by atoms with Gasteiger partial charge in [-0.25, -0.2) is 0 Å². The fourth-order valence-corrected chi connectivity index (χ4v) is 3.31. The number of thiophene rings is 1. The largest absolute Gasteiger partial charge is 0.497 e. The lowest BCUT2D eigenvalue weighted by Crippen LogP contribution is -2.27. The summed E-state index contributed by atoms with van der Waals surface area (Å²) in [5.41, 5.74) is 1.26. The number of ether oxygens (including phenoxy) is 1. The van der Waals surface area contributed by atoms with E-state index in [4.69, 9.17) is 4.74 Å². The summed E-state index contributed by atoms with van der Waals surface area (Å²) in [6.07, 6.45) is 0. The predicted octanol–water partition coefficient (Wildman–Crippen LogP) is 4.80. The molecule has 2 atom stereocenters. The van der Waals surface area contributed by atoms with Crippen molar-refractivity contribution in [1.82, 2.24) is 5.32 Å². The average Bonchev–Trinajstić information content (AvgIpc) is 2.98. The van der Waals surface area contributed by atoms with E-state index in [0.29, 0.717) is 18.0 Å². The molecule has 1 heterocycles. The third kappa shape index (κ3) is 3.62. The molecule has 0 fully saturated rings. The lowest BCUT2D eigenvalue weighted by Gasteiger charge is -2.26. The zero-order chi connectivity index (χ0) is 14.5. The van der Waals surface area contributed by atoms with Crippen LogP contribution < -0.4 is 10.1 Å². The molecular formula is C17H23NOS. The first-order valence-electron chi connectivity index (χ1n) is 7.05. The van der Waals surface area contributed by atoms with Crippen molar-refractivity contribution in [3.63, 3.8) is 0 Å². The number of methoxy groups -OCH3 is 1. The van der Waals surface area contributed by atoms with E-state index >= 15 is 0 Å². The van der Waals surface area contributed by atoms with Gasteiger partial charge in [-0.2, -0.15) is 0 Å². The predicted molar refractivity (Wildman–Crippen MR) is 86.4 cm³/mol. The monoisotopic (exact) mass is 289 g/mol. The lowest BCUT2D eigenvalue weighted by molar-refractivity contribution is 0.377. The zero-order valence-corrected chi connectivity index (χ0v) is 13.4. The number of nitrogens with one attached hydrogen (secondary N) is 1. The summed E-state index contributed by atoms with van der Waals surface area (Å²) in [5.74, 6) is 1.47. The second-order valence-electron chi connectivity index (χ2n) is 5.40. The Morgan fingerprint density at radius 1 is 1.10 bits per heavy atom. The van der Waals surface area contributed by atoms with Gasteiger partial charge in [0.25, 0.3) is 0 Å². The fourth-order valence-electron chi connectivity index (χ4n) is 2.35. The van der Waals surface area contributed by atoms with Crippen LogP contribution in [0.15, 0.2) is 41.8 Å². The molecule has 0 spiro atoms. The van der Waals surface area contributed by atoms with Gasteiger partial charge >= 0.3 is 0 Å². The third-order valence-electron chi connectivity index (χ3n) is 3.54. The number of benzene rings is 1. The molecule has 1 N–H and O–H groups in total. The van der Waals surface area contributed by atoms with Crippen LogP contribution in [0.5, 0.6) is 5.75 Å². The quantitative estimate of drug-likeness (QED) is 0.824. The highest BCUT2D eigenvalue weighted by Gasteiger charge is 2.19. The number of hydrogen-bond donors (Lipinski definition) is 1. The summed E-state index contributed by atoms with van der Waals surface area (Å²) in [6.45, 7) is 6.73. The second-order valence-corrected chi connectivity index (χ2v) is 6.38. The highest BCUT2D eigenvalue weighted by molar-refractivity contribution is 7.10. The Balaban J connectivity index is 2.14. The minimum Gasteiger partial charge on any atom is -0.497 e. The molecule has 0 aliphatic carbocycles. The van der Waals surface area contributed by atoms with Gasteiger partial charge < -0.3 is 10.1 Å². The molecule has 20 heavy (non-hydrogen) atoms. The van der Waals surface area contributed by atoms with E-state index in [0.717, 1.165) is 5.75 Å². The molecule has 1 aromatic heterocycles. The molecule has 2 rings (SSSR count). The first-order chi connectivity index (χ1) is 9.61. The highest BCUT2D eigenvalue weighted by atomic mass is 32.1. The Hall–Kier alpha value is -1.32. The standard InChI is InChI=1S/C17H23NOS/c1-12(2)17(16-9-6-10-20-16)18-13(3)14-7-5-8-15(11-14)19-4/h5-13,17-18H,1-4H3/t13-,17?/m0/s1. The van der Waals surface area contributed by atoms with E-state index in [1.165, 1.54) is 10.4 Å². The van der Waals surface area contributed by atoms with E-state index in [-0.39, 0.29) is 0 Å². The van der Waals surface area contributed by atoms with Crippen LogP contribution >= 0.6 is 11.3 Å². The molecule has 1 unspecified atom stereocenters. The molecule has 0 aliphatic heterocycles. The molecule has 1 aromatic carbocycles. The van der Waals surface area contributed by atoms with Crippen molar-refractivity contribution in [2.75, 3.05) is 7.11 Å². The maximum absolute atomic E-state index is 5.30.